The lowest BCUT2D eigenvalue weighted by Crippen LogP contribution is -2.24. The summed E-state index contributed by atoms with van der Waals surface area (Å²) < 4.78 is 13.1. The van der Waals surface area contributed by atoms with Gasteiger partial charge in [-0.3, -0.25) is 4.79 Å². The van der Waals surface area contributed by atoms with E-state index in [2.05, 4.69) is 12.2 Å². The average Bonchev–Trinajstić information content (AvgIpc) is 2.33. The number of carbonyl (C=O) groups is 1. The molecule has 1 aromatic rings. The van der Waals surface area contributed by atoms with Crippen molar-refractivity contribution in [1.82, 2.24) is 5.32 Å². The third-order valence-corrected chi connectivity index (χ3v) is 2.34. The fraction of sp³-hybridized carbons (Fsp3) is 0.385. The Morgan fingerprint density at radius 2 is 2.24 bits per heavy atom. The molecule has 0 spiro atoms. The average molecular weight is 234 g/mol. The van der Waals surface area contributed by atoms with Crippen molar-refractivity contribution in [2.45, 2.75) is 19.8 Å². The van der Waals surface area contributed by atoms with Crippen LogP contribution in [-0.4, -0.2) is 18.9 Å². The number of halogens is 1. The Hall–Kier alpha value is -1.73. The van der Waals surface area contributed by atoms with Crippen molar-refractivity contribution >= 4 is 5.78 Å². The lowest BCUT2D eigenvalue weighted by atomic mass is 10.1. The van der Waals surface area contributed by atoms with Crippen molar-refractivity contribution in [3.8, 4) is 6.07 Å². The molecule has 3 nitrogen and oxygen atoms in total. The molecule has 0 aliphatic rings. The molecule has 1 N–H and O–H groups in total. The second-order valence-electron chi connectivity index (χ2n) is 3.79. The Kier molecular flexibility index (Phi) is 5.31. The monoisotopic (exact) mass is 234 g/mol. The van der Waals surface area contributed by atoms with Crippen LogP contribution in [0.25, 0.3) is 0 Å². The number of nitrogens with one attached hydrogen (secondary N) is 1. The number of hydrogen-bond acceptors (Lipinski definition) is 3. The summed E-state index contributed by atoms with van der Waals surface area (Å²) in [5.74, 6) is -0.752. The highest BCUT2D eigenvalue weighted by Crippen LogP contribution is 2.09. The molecule has 17 heavy (non-hydrogen) atoms. The first-order chi connectivity index (χ1) is 8.17. The number of carbonyl (C=O) groups excluding carboxylic acids is 1. The van der Waals surface area contributed by atoms with Gasteiger partial charge in [-0.15, -0.1) is 0 Å². The summed E-state index contributed by atoms with van der Waals surface area (Å²) in [5, 5.41) is 11.7. The largest absolute Gasteiger partial charge is 0.310 e. The molecule has 0 heterocycles. The van der Waals surface area contributed by atoms with Crippen LogP contribution in [0, 0.1) is 17.1 Å². The van der Waals surface area contributed by atoms with E-state index in [0.717, 1.165) is 31.5 Å². The summed E-state index contributed by atoms with van der Waals surface area (Å²) >= 11 is 0. The topological polar surface area (TPSA) is 52.9 Å². The zero-order valence-electron chi connectivity index (χ0n) is 9.79. The van der Waals surface area contributed by atoms with Gasteiger partial charge in [-0.1, -0.05) is 13.3 Å². The van der Waals surface area contributed by atoms with E-state index >= 15 is 0 Å². The van der Waals surface area contributed by atoms with Gasteiger partial charge in [-0.25, -0.2) is 4.39 Å². The van der Waals surface area contributed by atoms with Crippen LogP contribution < -0.4 is 5.32 Å². The number of hydrogen-bond donors (Lipinski definition) is 1. The summed E-state index contributed by atoms with van der Waals surface area (Å²) in [7, 11) is 0. The molecule has 0 aromatic heterocycles. The highest BCUT2D eigenvalue weighted by Gasteiger charge is 2.08. The molecular formula is C13H15FN2O. The lowest BCUT2D eigenvalue weighted by molar-refractivity contribution is 0.0990. The molecule has 0 aliphatic carbocycles. The third kappa shape index (κ3) is 4.33. The zero-order chi connectivity index (χ0) is 12.7. The van der Waals surface area contributed by atoms with E-state index in [1.807, 2.05) is 6.07 Å². The standard InChI is InChI=1S/C13H15FN2O/c1-2-3-4-16-9-13(17)11-5-10(8-15)6-12(14)7-11/h5-7,16H,2-4,9H2,1H3. The molecule has 0 aliphatic heterocycles. The van der Waals surface area contributed by atoms with Crippen LogP contribution in [0.2, 0.25) is 0 Å². The van der Waals surface area contributed by atoms with Crippen LogP contribution in [0.15, 0.2) is 18.2 Å². The molecule has 0 saturated heterocycles. The van der Waals surface area contributed by atoms with E-state index in [1.165, 1.54) is 6.07 Å². The number of ketones is 1. The first kappa shape index (κ1) is 13.3. The molecule has 0 atom stereocenters. The van der Waals surface area contributed by atoms with Gasteiger partial charge in [0.25, 0.3) is 0 Å². The van der Waals surface area contributed by atoms with Crippen LogP contribution in [0.5, 0.6) is 0 Å². The minimum absolute atomic E-state index is 0.168. The fourth-order valence-corrected chi connectivity index (χ4v) is 1.42. The van der Waals surface area contributed by atoms with Crippen molar-refractivity contribution in [3.63, 3.8) is 0 Å². The van der Waals surface area contributed by atoms with Gasteiger partial charge in [0.2, 0.25) is 0 Å². The Balaban J connectivity index is 2.63. The summed E-state index contributed by atoms with van der Waals surface area (Å²) in [6.45, 7) is 3.01. The van der Waals surface area contributed by atoms with Gasteiger partial charge in [0.1, 0.15) is 5.82 Å². The van der Waals surface area contributed by atoms with Gasteiger partial charge in [-0.2, -0.15) is 5.26 Å². The van der Waals surface area contributed by atoms with Crippen molar-refractivity contribution in [3.05, 3.63) is 35.1 Å². The molecular weight excluding hydrogens is 219 g/mol. The normalized spacial score (nSPS) is 9.94. The zero-order valence-corrected chi connectivity index (χ0v) is 9.79. The van der Waals surface area contributed by atoms with Gasteiger partial charge < -0.3 is 5.32 Å². The van der Waals surface area contributed by atoms with Gasteiger partial charge in [0, 0.05) is 5.56 Å². The number of nitrogens with zero attached hydrogens (tertiary/aromatic N) is 1. The maximum atomic E-state index is 13.1. The van der Waals surface area contributed by atoms with E-state index < -0.39 is 5.82 Å². The molecule has 0 amide bonds. The van der Waals surface area contributed by atoms with Crippen molar-refractivity contribution in [2.75, 3.05) is 13.1 Å². The molecule has 4 heteroatoms. The molecule has 1 rings (SSSR count). The Morgan fingerprint density at radius 1 is 1.47 bits per heavy atom. The Labute approximate surface area is 100 Å². The predicted octanol–water partition coefficient (Wildman–Crippen LogP) is 2.27. The SMILES string of the molecule is CCCCNCC(=O)c1cc(F)cc(C#N)c1. The molecule has 0 bridgehead atoms. The van der Waals surface area contributed by atoms with E-state index in [4.69, 9.17) is 5.26 Å². The second-order valence-corrected chi connectivity index (χ2v) is 3.79. The van der Waals surface area contributed by atoms with Crippen molar-refractivity contribution < 1.29 is 9.18 Å². The van der Waals surface area contributed by atoms with E-state index in [1.54, 1.807) is 0 Å². The maximum Gasteiger partial charge on any atom is 0.176 e. The minimum Gasteiger partial charge on any atom is -0.310 e. The number of Topliss-reactive ketones (excluding diaryl/α,β-unsaturated/α-hetero) is 1. The predicted molar refractivity (Wildman–Crippen MR) is 63.2 cm³/mol. The van der Waals surface area contributed by atoms with Crippen molar-refractivity contribution in [1.29, 1.82) is 5.26 Å². The smallest absolute Gasteiger partial charge is 0.176 e. The molecule has 0 radical (unpaired) electrons. The van der Waals surface area contributed by atoms with E-state index in [-0.39, 0.29) is 23.5 Å². The van der Waals surface area contributed by atoms with Crippen LogP contribution in [0.4, 0.5) is 4.39 Å². The fourth-order valence-electron chi connectivity index (χ4n) is 1.42. The first-order valence-corrected chi connectivity index (χ1v) is 5.62. The van der Waals surface area contributed by atoms with Gasteiger partial charge in [0.15, 0.2) is 5.78 Å². The minimum atomic E-state index is -0.555. The van der Waals surface area contributed by atoms with Gasteiger partial charge in [-0.05, 0) is 31.2 Å². The van der Waals surface area contributed by atoms with Crippen LogP contribution >= 0.6 is 0 Å². The summed E-state index contributed by atoms with van der Waals surface area (Å²) in [5.41, 5.74) is 0.410. The molecule has 1 aromatic carbocycles. The number of benzene rings is 1. The van der Waals surface area contributed by atoms with Crippen LogP contribution in [0.1, 0.15) is 35.7 Å². The second kappa shape index (κ2) is 6.77. The number of rotatable bonds is 6. The summed E-state index contributed by atoms with van der Waals surface area (Å²) in [4.78, 5) is 11.7. The summed E-state index contributed by atoms with van der Waals surface area (Å²) in [6, 6.07) is 5.51. The van der Waals surface area contributed by atoms with Crippen LogP contribution in [-0.2, 0) is 0 Å². The van der Waals surface area contributed by atoms with E-state index in [0.29, 0.717) is 0 Å². The van der Waals surface area contributed by atoms with Crippen molar-refractivity contribution in [2.24, 2.45) is 0 Å². The Bertz CT molecular complexity index is 438. The number of unbranched alkanes of at least 4 members (excludes halogenated alkanes) is 1. The first-order valence-electron chi connectivity index (χ1n) is 5.62. The maximum absolute atomic E-state index is 13.1. The highest BCUT2D eigenvalue weighted by molar-refractivity contribution is 5.97. The summed E-state index contributed by atoms with van der Waals surface area (Å²) in [6.07, 6.45) is 2.06. The van der Waals surface area contributed by atoms with Gasteiger partial charge >= 0.3 is 0 Å². The molecule has 0 fully saturated rings. The van der Waals surface area contributed by atoms with E-state index in [9.17, 15) is 9.18 Å². The number of nitriles is 1. The quantitative estimate of drug-likeness (QED) is 0.606. The Morgan fingerprint density at radius 3 is 2.88 bits per heavy atom. The van der Waals surface area contributed by atoms with Crippen LogP contribution in [0.3, 0.4) is 0 Å². The van der Waals surface area contributed by atoms with Gasteiger partial charge in [0.05, 0.1) is 18.2 Å². The molecule has 90 valence electrons. The third-order valence-electron chi connectivity index (χ3n) is 2.34. The highest BCUT2D eigenvalue weighted by atomic mass is 19.1. The lowest BCUT2D eigenvalue weighted by Gasteiger charge is -2.04. The molecule has 0 unspecified atom stereocenters. The molecule has 0 saturated carbocycles.